The van der Waals surface area contributed by atoms with Gasteiger partial charge in [0.25, 0.3) is 0 Å². The Labute approximate surface area is 116 Å². The highest BCUT2D eigenvalue weighted by Crippen LogP contribution is 2.48. The maximum atomic E-state index is 9.61. The average molecular weight is 315 g/mol. The van der Waals surface area contributed by atoms with Gasteiger partial charge in [0.05, 0.1) is 11.1 Å². The molecule has 18 heavy (non-hydrogen) atoms. The quantitative estimate of drug-likeness (QED) is 0.927. The average Bonchev–Trinajstić information content (AvgIpc) is 2.77. The van der Waals surface area contributed by atoms with Crippen molar-refractivity contribution < 1.29 is 14.6 Å². The highest BCUT2D eigenvalue weighted by molar-refractivity contribution is 9.10. The third kappa shape index (κ3) is 2.12. The summed E-state index contributed by atoms with van der Waals surface area (Å²) < 4.78 is 12.0. The van der Waals surface area contributed by atoms with Crippen molar-refractivity contribution in [3.05, 3.63) is 21.7 Å². The molecule has 1 aromatic carbocycles. The molecule has 0 aromatic heterocycles. The summed E-state index contributed by atoms with van der Waals surface area (Å²) in [6.07, 6.45) is 0. The van der Waals surface area contributed by atoms with Gasteiger partial charge in [-0.1, -0.05) is 27.7 Å². The number of halogens is 1. The molecule has 0 bridgehead atoms. The topological polar surface area (TPSA) is 38.7 Å². The van der Waals surface area contributed by atoms with Crippen LogP contribution in [-0.4, -0.2) is 18.5 Å². The van der Waals surface area contributed by atoms with Crippen molar-refractivity contribution in [2.45, 2.75) is 39.0 Å². The minimum absolute atomic E-state index is 0.0960. The van der Waals surface area contributed by atoms with Gasteiger partial charge in [0.15, 0.2) is 11.5 Å². The van der Waals surface area contributed by atoms with Crippen molar-refractivity contribution in [2.75, 3.05) is 13.4 Å². The zero-order valence-corrected chi connectivity index (χ0v) is 12.8. The van der Waals surface area contributed by atoms with E-state index in [-0.39, 0.29) is 18.8 Å². The normalized spacial score (nSPS) is 14.4. The van der Waals surface area contributed by atoms with E-state index in [4.69, 9.17) is 9.47 Å². The Bertz CT molecular complexity index is 467. The lowest BCUT2D eigenvalue weighted by molar-refractivity contribution is 0.172. The standard InChI is InChI=1S/C14H19BrO3/c1-8(2)11-9(14(3,4)6-16)5-10(15)12-13(11)18-7-17-12/h5,8,16H,6-7H2,1-4H3. The Kier molecular flexibility index (Phi) is 3.60. The fraction of sp³-hybridized carbons (Fsp3) is 0.571. The molecule has 0 saturated carbocycles. The predicted octanol–water partition coefficient (Wildman–Crippen LogP) is 3.57. The molecule has 100 valence electrons. The van der Waals surface area contributed by atoms with Gasteiger partial charge in [-0.25, -0.2) is 0 Å². The third-order valence-electron chi connectivity index (χ3n) is 3.34. The van der Waals surface area contributed by atoms with E-state index < -0.39 is 0 Å². The number of benzene rings is 1. The smallest absolute Gasteiger partial charge is 0.231 e. The number of aliphatic hydroxyl groups excluding tert-OH is 1. The molecule has 0 atom stereocenters. The minimum Gasteiger partial charge on any atom is -0.453 e. The highest BCUT2D eigenvalue weighted by atomic mass is 79.9. The number of rotatable bonds is 3. The monoisotopic (exact) mass is 314 g/mol. The summed E-state index contributed by atoms with van der Waals surface area (Å²) in [6.45, 7) is 8.67. The van der Waals surface area contributed by atoms with Crippen molar-refractivity contribution in [3.63, 3.8) is 0 Å². The number of ether oxygens (including phenoxy) is 2. The molecule has 2 rings (SSSR count). The Hall–Kier alpha value is -0.740. The summed E-state index contributed by atoms with van der Waals surface area (Å²) in [5.41, 5.74) is 1.93. The largest absolute Gasteiger partial charge is 0.453 e. The molecule has 4 heteroatoms. The van der Waals surface area contributed by atoms with Crippen molar-refractivity contribution in [1.29, 1.82) is 0 Å². The molecule has 0 unspecified atom stereocenters. The summed E-state index contributed by atoms with van der Waals surface area (Å²) in [5, 5.41) is 9.61. The van der Waals surface area contributed by atoms with Crippen LogP contribution >= 0.6 is 15.9 Å². The first-order chi connectivity index (χ1) is 8.38. The zero-order valence-electron chi connectivity index (χ0n) is 11.2. The first-order valence-corrected chi connectivity index (χ1v) is 6.91. The van der Waals surface area contributed by atoms with E-state index in [2.05, 4.69) is 29.8 Å². The van der Waals surface area contributed by atoms with Gasteiger partial charge in [0.1, 0.15) is 0 Å². The summed E-state index contributed by atoms with van der Waals surface area (Å²) in [5.74, 6) is 1.90. The second-order valence-corrected chi connectivity index (χ2v) is 6.44. The lowest BCUT2D eigenvalue weighted by Gasteiger charge is -2.28. The molecule has 1 aliphatic rings. The zero-order chi connectivity index (χ0) is 13.5. The number of aliphatic hydroxyl groups is 1. The summed E-state index contributed by atoms with van der Waals surface area (Å²) in [4.78, 5) is 0. The third-order valence-corrected chi connectivity index (χ3v) is 3.93. The van der Waals surface area contributed by atoms with Gasteiger partial charge in [0, 0.05) is 11.0 Å². The molecule has 3 nitrogen and oxygen atoms in total. The van der Waals surface area contributed by atoms with Crippen LogP contribution in [0, 0.1) is 0 Å². The molecule has 0 saturated heterocycles. The molecule has 1 aliphatic heterocycles. The van der Waals surface area contributed by atoms with Crippen LogP contribution in [0.4, 0.5) is 0 Å². The molecule has 0 aliphatic carbocycles. The van der Waals surface area contributed by atoms with Crippen LogP contribution in [0.15, 0.2) is 10.5 Å². The van der Waals surface area contributed by atoms with Crippen LogP contribution in [0.25, 0.3) is 0 Å². The highest BCUT2D eigenvalue weighted by Gasteiger charge is 2.32. The number of hydrogen-bond acceptors (Lipinski definition) is 3. The minimum atomic E-state index is -0.302. The van der Waals surface area contributed by atoms with Gasteiger partial charge in [-0.05, 0) is 33.5 Å². The van der Waals surface area contributed by atoms with E-state index in [1.54, 1.807) is 0 Å². The van der Waals surface area contributed by atoms with E-state index in [9.17, 15) is 5.11 Å². The number of hydrogen-bond donors (Lipinski definition) is 1. The van der Waals surface area contributed by atoms with Crippen LogP contribution in [-0.2, 0) is 5.41 Å². The molecule has 1 heterocycles. The maximum Gasteiger partial charge on any atom is 0.231 e. The molecular weight excluding hydrogens is 296 g/mol. The van der Waals surface area contributed by atoms with E-state index >= 15 is 0 Å². The summed E-state index contributed by atoms with van der Waals surface area (Å²) >= 11 is 3.52. The first kappa shape index (κ1) is 13.7. The van der Waals surface area contributed by atoms with E-state index in [0.29, 0.717) is 5.92 Å². The molecule has 1 N–H and O–H groups in total. The number of fused-ring (bicyclic) bond motifs is 1. The van der Waals surface area contributed by atoms with Crippen molar-refractivity contribution >= 4 is 15.9 Å². The van der Waals surface area contributed by atoms with Crippen LogP contribution in [0.2, 0.25) is 0 Å². The van der Waals surface area contributed by atoms with Gasteiger partial charge >= 0.3 is 0 Å². The fourth-order valence-corrected chi connectivity index (χ4v) is 2.79. The lowest BCUT2D eigenvalue weighted by Crippen LogP contribution is -2.24. The molecule has 0 fully saturated rings. The molecule has 0 radical (unpaired) electrons. The Balaban J connectivity index is 2.70. The van der Waals surface area contributed by atoms with E-state index in [0.717, 1.165) is 27.1 Å². The van der Waals surface area contributed by atoms with Gasteiger partial charge in [0.2, 0.25) is 6.79 Å². The first-order valence-electron chi connectivity index (χ1n) is 6.12. The molecular formula is C14H19BrO3. The van der Waals surface area contributed by atoms with Gasteiger partial charge < -0.3 is 14.6 Å². The van der Waals surface area contributed by atoms with Crippen molar-refractivity contribution in [2.24, 2.45) is 0 Å². The predicted molar refractivity (Wildman–Crippen MR) is 74.5 cm³/mol. The second-order valence-electron chi connectivity index (χ2n) is 5.58. The Morgan fingerprint density at radius 1 is 1.33 bits per heavy atom. The fourth-order valence-electron chi connectivity index (χ4n) is 2.27. The molecule has 0 amide bonds. The van der Waals surface area contributed by atoms with Crippen LogP contribution in [0.1, 0.15) is 44.7 Å². The molecule has 0 spiro atoms. The van der Waals surface area contributed by atoms with Crippen molar-refractivity contribution in [1.82, 2.24) is 0 Å². The van der Waals surface area contributed by atoms with E-state index in [1.807, 2.05) is 19.9 Å². The maximum absolute atomic E-state index is 9.61. The van der Waals surface area contributed by atoms with Crippen molar-refractivity contribution in [3.8, 4) is 11.5 Å². The van der Waals surface area contributed by atoms with Crippen LogP contribution in [0.5, 0.6) is 11.5 Å². The van der Waals surface area contributed by atoms with Gasteiger partial charge in [-0.3, -0.25) is 0 Å². The van der Waals surface area contributed by atoms with Crippen LogP contribution in [0.3, 0.4) is 0 Å². The van der Waals surface area contributed by atoms with E-state index in [1.165, 1.54) is 0 Å². The Morgan fingerprint density at radius 2 is 1.94 bits per heavy atom. The van der Waals surface area contributed by atoms with Gasteiger partial charge in [-0.15, -0.1) is 0 Å². The van der Waals surface area contributed by atoms with Gasteiger partial charge in [-0.2, -0.15) is 0 Å². The summed E-state index contributed by atoms with van der Waals surface area (Å²) in [7, 11) is 0. The summed E-state index contributed by atoms with van der Waals surface area (Å²) in [6, 6.07) is 2.04. The second kappa shape index (κ2) is 4.74. The lowest BCUT2D eigenvalue weighted by atomic mass is 9.79. The SMILES string of the molecule is CC(C)c1c(C(C)(C)CO)cc(Br)c2c1OCO2. The molecule has 1 aromatic rings. The Morgan fingerprint density at radius 3 is 2.50 bits per heavy atom. The van der Waals surface area contributed by atoms with Crippen LogP contribution < -0.4 is 9.47 Å².